The minimum absolute atomic E-state index is 0.00222. The number of aromatic hydroxyl groups is 1. The Balaban J connectivity index is 3.48. The van der Waals surface area contributed by atoms with Gasteiger partial charge in [-0.3, -0.25) is 0 Å². The molecule has 0 unspecified atom stereocenters. The summed E-state index contributed by atoms with van der Waals surface area (Å²) in [6.45, 7) is 0. The maximum atomic E-state index is 10.7. The highest BCUT2D eigenvalue weighted by atomic mass is 127. The lowest BCUT2D eigenvalue weighted by atomic mass is 10.3. The molecule has 3 nitrogen and oxygen atoms in total. The maximum Gasteiger partial charge on any atom is 0.345 e. The summed E-state index contributed by atoms with van der Waals surface area (Å²) < 4.78 is 22.4. The Labute approximate surface area is 92.6 Å². The van der Waals surface area contributed by atoms with Crippen molar-refractivity contribution in [1.82, 2.24) is 0 Å². The molecule has 0 saturated heterocycles. The number of hydrogen-bond donors (Lipinski definition) is 1. The third kappa shape index (κ3) is 2.17. The molecule has 0 aromatic heterocycles. The molecule has 0 radical (unpaired) electrons. The van der Waals surface area contributed by atoms with Gasteiger partial charge in [0.15, 0.2) is 0 Å². The molecule has 12 heavy (non-hydrogen) atoms. The minimum Gasteiger partial charge on any atom is -0.507 e. The van der Waals surface area contributed by atoms with Crippen LogP contribution >= 0.6 is 51.7 Å². The second kappa shape index (κ2) is 4.01. The number of rotatable bonds is 1. The molecule has 66 valence electrons. The van der Waals surface area contributed by atoms with Gasteiger partial charge in [-0.2, -0.15) is 0 Å². The van der Waals surface area contributed by atoms with Crippen LogP contribution in [0.1, 0.15) is 0 Å². The van der Waals surface area contributed by atoms with E-state index in [0.717, 1.165) is 0 Å². The van der Waals surface area contributed by atoms with Gasteiger partial charge >= 0.3 is 19.8 Å². The summed E-state index contributed by atoms with van der Waals surface area (Å²) in [5.41, 5.74) is 0. The molecule has 0 heterocycles. The first kappa shape index (κ1) is 10.4. The lowest BCUT2D eigenvalue weighted by Crippen LogP contribution is -1.78. The highest BCUT2D eigenvalue weighted by Gasteiger charge is 2.11. The zero-order chi connectivity index (χ0) is 9.30. The molecular weight excluding hydrogens is 407 g/mol. The molecule has 0 bridgehead atoms. The van der Waals surface area contributed by atoms with E-state index in [1.165, 1.54) is 6.07 Å². The summed E-state index contributed by atoms with van der Waals surface area (Å²) in [4.78, 5) is 0. The first-order valence-electron chi connectivity index (χ1n) is 2.75. The molecule has 0 fully saturated rings. The molecular formula is C6H3Br2IO3. The third-order valence-corrected chi connectivity index (χ3v) is 4.97. The molecule has 0 spiro atoms. The number of hydrogen-bond acceptors (Lipinski definition) is 3. The Kier molecular flexibility index (Phi) is 3.47. The van der Waals surface area contributed by atoms with Crippen LogP contribution in [0.4, 0.5) is 0 Å². The molecule has 0 amide bonds. The summed E-state index contributed by atoms with van der Waals surface area (Å²) in [6.07, 6.45) is 0. The topological polar surface area (TPSA) is 54.4 Å². The maximum absolute atomic E-state index is 10.7. The van der Waals surface area contributed by atoms with Crippen LogP contribution < -0.4 is 0 Å². The zero-order valence-electron chi connectivity index (χ0n) is 5.55. The summed E-state index contributed by atoms with van der Waals surface area (Å²) in [5, 5.41) is 9.22. The fourth-order valence-corrected chi connectivity index (χ4v) is 3.90. The smallest absolute Gasteiger partial charge is 0.345 e. The van der Waals surface area contributed by atoms with Crippen LogP contribution in [0.3, 0.4) is 0 Å². The van der Waals surface area contributed by atoms with Crippen molar-refractivity contribution in [3.63, 3.8) is 0 Å². The quantitative estimate of drug-likeness (QED) is 0.572. The molecule has 0 aliphatic carbocycles. The molecule has 0 saturated carbocycles. The molecule has 0 aliphatic rings. The van der Waals surface area contributed by atoms with Gasteiger partial charge in [-0.25, -0.2) is 6.14 Å². The van der Waals surface area contributed by atoms with E-state index < -0.39 is 19.8 Å². The molecule has 0 atom stereocenters. The van der Waals surface area contributed by atoms with Crippen molar-refractivity contribution in [3.8, 4) is 5.75 Å². The van der Waals surface area contributed by atoms with Crippen molar-refractivity contribution in [2.24, 2.45) is 0 Å². The highest BCUT2D eigenvalue weighted by molar-refractivity contribution is 14.2. The fraction of sp³-hybridized carbons (Fsp3) is 0. The van der Waals surface area contributed by atoms with Gasteiger partial charge < -0.3 is 5.11 Å². The third-order valence-electron chi connectivity index (χ3n) is 1.13. The van der Waals surface area contributed by atoms with E-state index >= 15 is 0 Å². The minimum atomic E-state index is -3.61. The second-order valence-corrected chi connectivity index (χ2v) is 6.03. The van der Waals surface area contributed by atoms with Crippen molar-refractivity contribution >= 4 is 51.7 Å². The zero-order valence-corrected chi connectivity index (χ0v) is 10.9. The van der Waals surface area contributed by atoms with Crippen molar-refractivity contribution < 1.29 is 11.2 Å². The Morgan fingerprint density at radius 1 is 1.25 bits per heavy atom. The number of benzene rings is 1. The Bertz CT molecular complexity index is 355. The lowest BCUT2D eigenvalue weighted by Gasteiger charge is -1.99. The van der Waals surface area contributed by atoms with Gasteiger partial charge in [-0.05, 0) is 28.1 Å². The van der Waals surface area contributed by atoms with E-state index in [2.05, 4.69) is 31.9 Å². The molecule has 0 aliphatic heterocycles. The molecule has 1 rings (SSSR count). The summed E-state index contributed by atoms with van der Waals surface area (Å²) in [7, 11) is 0. The fourth-order valence-electron chi connectivity index (χ4n) is 0.695. The molecule has 1 aromatic carbocycles. The SMILES string of the molecule is O=I(=O)c1c(O)cc(Br)cc1Br. The number of phenolic OH excluding ortho intramolecular Hbond substituents is 1. The van der Waals surface area contributed by atoms with Crippen LogP contribution in [0.25, 0.3) is 0 Å². The van der Waals surface area contributed by atoms with E-state index in [0.29, 0.717) is 8.95 Å². The van der Waals surface area contributed by atoms with Gasteiger partial charge in [0.25, 0.3) is 0 Å². The van der Waals surface area contributed by atoms with Gasteiger partial charge in [0.1, 0.15) is 9.32 Å². The molecule has 1 N–H and O–H groups in total. The van der Waals surface area contributed by atoms with Gasteiger partial charge in [-0.1, -0.05) is 15.9 Å². The summed E-state index contributed by atoms with van der Waals surface area (Å²) in [5.74, 6) is -0.216. The average Bonchev–Trinajstić information content (AvgIpc) is 1.82. The van der Waals surface area contributed by atoms with Gasteiger partial charge in [-0.15, -0.1) is 0 Å². The van der Waals surface area contributed by atoms with Crippen LogP contribution in [0, 0.1) is 3.57 Å². The van der Waals surface area contributed by atoms with Gasteiger partial charge in [0, 0.05) is 8.95 Å². The van der Waals surface area contributed by atoms with Crippen LogP contribution in [0.2, 0.25) is 0 Å². The summed E-state index contributed by atoms with van der Waals surface area (Å²) >= 11 is 2.56. The summed E-state index contributed by atoms with van der Waals surface area (Å²) in [6, 6.07) is 2.93. The predicted molar refractivity (Wildman–Crippen MR) is 57.6 cm³/mol. The largest absolute Gasteiger partial charge is 0.507 e. The number of phenols is 1. The van der Waals surface area contributed by atoms with E-state index in [1.54, 1.807) is 6.07 Å². The number of halogens is 3. The first-order chi connectivity index (χ1) is 5.52. The van der Waals surface area contributed by atoms with Crippen LogP contribution in [0.5, 0.6) is 5.75 Å². The normalized spacial score (nSPS) is 10.6. The van der Waals surface area contributed by atoms with Crippen molar-refractivity contribution in [2.75, 3.05) is 0 Å². The Morgan fingerprint density at radius 3 is 2.25 bits per heavy atom. The predicted octanol–water partition coefficient (Wildman–Crippen LogP) is 3.28. The van der Waals surface area contributed by atoms with Crippen LogP contribution in [-0.4, -0.2) is 5.11 Å². The monoisotopic (exact) mass is 408 g/mol. The first-order valence-corrected chi connectivity index (χ1v) is 7.18. The lowest BCUT2D eigenvalue weighted by molar-refractivity contribution is 0.470. The van der Waals surface area contributed by atoms with Crippen LogP contribution in [-0.2, 0) is 6.14 Å². The van der Waals surface area contributed by atoms with E-state index in [9.17, 15) is 11.2 Å². The molecule has 1 aromatic rings. The van der Waals surface area contributed by atoms with Gasteiger partial charge in [0.2, 0.25) is 0 Å². The van der Waals surface area contributed by atoms with Crippen molar-refractivity contribution in [1.29, 1.82) is 0 Å². The van der Waals surface area contributed by atoms with E-state index in [1.807, 2.05) is 0 Å². The van der Waals surface area contributed by atoms with E-state index in [-0.39, 0.29) is 9.32 Å². The van der Waals surface area contributed by atoms with Crippen molar-refractivity contribution in [2.45, 2.75) is 0 Å². The Morgan fingerprint density at radius 2 is 1.83 bits per heavy atom. The average molecular weight is 410 g/mol. The molecule has 6 heteroatoms. The van der Waals surface area contributed by atoms with Crippen molar-refractivity contribution in [3.05, 3.63) is 24.6 Å². The van der Waals surface area contributed by atoms with E-state index in [4.69, 9.17) is 0 Å². The van der Waals surface area contributed by atoms with Crippen LogP contribution in [0.15, 0.2) is 21.1 Å². The Hall–Kier alpha value is 0.310. The standard InChI is InChI=1S/C6H3Br2IO3/c7-3-1-4(8)6(9(11)12)5(10)2-3/h1-2,10H. The second-order valence-electron chi connectivity index (χ2n) is 1.94. The highest BCUT2D eigenvalue weighted by Crippen LogP contribution is 2.36. The van der Waals surface area contributed by atoms with Gasteiger partial charge in [0.05, 0.1) is 0 Å².